The van der Waals surface area contributed by atoms with Gasteiger partial charge in [-0.3, -0.25) is 14.9 Å². The molecule has 0 saturated carbocycles. The summed E-state index contributed by atoms with van der Waals surface area (Å²) in [6.45, 7) is -0.547. The molecule has 1 heterocycles. The number of nitro benzene ring substituents is 1. The van der Waals surface area contributed by atoms with Crippen LogP contribution in [-0.2, 0) is 32.7 Å². The average molecular weight is 480 g/mol. The molecule has 0 fully saturated rings. The molecule has 0 aliphatic carbocycles. The Hall–Kier alpha value is -3.41. The van der Waals surface area contributed by atoms with Crippen LogP contribution in [0.2, 0.25) is 5.02 Å². The number of carbonyl (C=O) groups excluding carboxylic acids is 1. The highest BCUT2D eigenvalue weighted by Crippen LogP contribution is 2.28. The van der Waals surface area contributed by atoms with Crippen molar-refractivity contribution in [2.75, 3.05) is 11.9 Å². The first-order valence-electron chi connectivity index (χ1n) is 9.19. The van der Waals surface area contributed by atoms with Gasteiger partial charge in [-0.05, 0) is 42.0 Å². The summed E-state index contributed by atoms with van der Waals surface area (Å²) in [5.41, 5.74) is 0.316. The summed E-state index contributed by atoms with van der Waals surface area (Å²) in [5, 5.41) is 14.7. The van der Waals surface area contributed by atoms with Crippen LogP contribution in [0.25, 0.3) is 0 Å². The van der Waals surface area contributed by atoms with E-state index in [9.17, 15) is 23.3 Å². The number of hydrogen-bond acceptors (Lipinski definition) is 8. The fourth-order valence-electron chi connectivity index (χ4n) is 2.65. The Morgan fingerprint density at radius 3 is 2.66 bits per heavy atom. The van der Waals surface area contributed by atoms with E-state index in [1.807, 2.05) is 0 Å². The zero-order valence-corrected chi connectivity index (χ0v) is 18.1. The molecule has 0 amide bonds. The summed E-state index contributed by atoms with van der Waals surface area (Å²) in [7, 11) is -4.20. The number of anilines is 1. The van der Waals surface area contributed by atoms with Gasteiger partial charge < -0.3 is 14.5 Å². The van der Waals surface area contributed by atoms with Crippen molar-refractivity contribution < 1.29 is 27.3 Å². The summed E-state index contributed by atoms with van der Waals surface area (Å²) >= 11 is 5.85. The molecule has 3 rings (SSSR count). The second kappa shape index (κ2) is 10.3. The van der Waals surface area contributed by atoms with Gasteiger partial charge in [-0.15, -0.1) is 0 Å². The molecule has 32 heavy (non-hydrogen) atoms. The number of hydrogen-bond donors (Lipinski definition) is 2. The first kappa shape index (κ1) is 23.3. The van der Waals surface area contributed by atoms with E-state index in [2.05, 4.69) is 10.0 Å². The molecule has 0 atom stereocenters. The normalized spacial score (nSPS) is 11.2. The third-order valence-corrected chi connectivity index (χ3v) is 5.84. The van der Waals surface area contributed by atoms with Crippen molar-refractivity contribution in [2.24, 2.45) is 0 Å². The van der Waals surface area contributed by atoms with Crippen LogP contribution in [0.5, 0.6) is 0 Å². The molecule has 0 bridgehead atoms. The minimum atomic E-state index is -4.20. The minimum absolute atomic E-state index is 0.0807. The standard InChI is InChI=1S/C20H18ClN3O7S/c21-15-4-1-3-14(9-15)13-31-20(25)12-23-32(28,29)17-6-7-18(19(10-17)24(26)27)22-11-16-5-2-8-30-16/h1-10,22-23H,11-13H2. The Balaban J connectivity index is 1.62. The lowest BCUT2D eigenvalue weighted by Gasteiger charge is -2.10. The molecular weight excluding hydrogens is 462 g/mol. The first-order chi connectivity index (χ1) is 15.2. The van der Waals surface area contributed by atoms with Crippen LogP contribution in [0.3, 0.4) is 0 Å². The first-order valence-corrected chi connectivity index (χ1v) is 11.0. The Morgan fingerprint density at radius 1 is 1.16 bits per heavy atom. The predicted octanol–water partition coefficient (Wildman–Crippen LogP) is 3.48. The van der Waals surface area contributed by atoms with Crippen molar-refractivity contribution in [2.45, 2.75) is 18.0 Å². The monoisotopic (exact) mass is 479 g/mol. The number of nitro groups is 1. The smallest absolute Gasteiger partial charge is 0.321 e. The van der Waals surface area contributed by atoms with Gasteiger partial charge in [0.25, 0.3) is 5.69 Å². The van der Waals surface area contributed by atoms with Gasteiger partial charge in [0.1, 0.15) is 24.6 Å². The molecule has 0 aliphatic heterocycles. The van der Waals surface area contributed by atoms with Gasteiger partial charge >= 0.3 is 5.97 Å². The predicted molar refractivity (Wildman–Crippen MR) is 116 cm³/mol. The van der Waals surface area contributed by atoms with E-state index in [-0.39, 0.29) is 23.7 Å². The van der Waals surface area contributed by atoms with Crippen molar-refractivity contribution in [1.29, 1.82) is 0 Å². The van der Waals surface area contributed by atoms with Gasteiger partial charge in [0.05, 0.1) is 22.6 Å². The Kier molecular flexibility index (Phi) is 7.46. The molecule has 1 aromatic heterocycles. The summed E-state index contributed by atoms with van der Waals surface area (Å²) in [5.74, 6) is -0.270. The molecule has 10 nitrogen and oxygen atoms in total. The molecule has 0 aliphatic rings. The van der Waals surface area contributed by atoms with Gasteiger partial charge in [0.15, 0.2) is 0 Å². The molecular formula is C20H18ClN3O7S. The van der Waals surface area contributed by atoms with Gasteiger partial charge in [0, 0.05) is 11.1 Å². The molecule has 0 spiro atoms. The van der Waals surface area contributed by atoms with Gasteiger partial charge in [0.2, 0.25) is 10.0 Å². The van der Waals surface area contributed by atoms with E-state index in [1.54, 1.807) is 36.4 Å². The van der Waals surface area contributed by atoms with E-state index in [0.29, 0.717) is 16.3 Å². The molecule has 168 valence electrons. The average Bonchev–Trinajstić information content (AvgIpc) is 3.28. The van der Waals surface area contributed by atoms with E-state index >= 15 is 0 Å². The van der Waals surface area contributed by atoms with Gasteiger partial charge in [-0.1, -0.05) is 23.7 Å². The molecule has 0 saturated heterocycles. The number of esters is 1. The lowest BCUT2D eigenvalue weighted by molar-refractivity contribution is -0.384. The number of nitrogens with zero attached hydrogens (tertiary/aromatic N) is 1. The molecule has 2 aromatic carbocycles. The zero-order valence-electron chi connectivity index (χ0n) is 16.5. The SMILES string of the molecule is O=C(CNS(=O)(=O)c1ccc(NCc2ccco2)c([N+](=O)[O-])c1)OCc1cccc(Cl)c1. The number of rotatable bonds is 10. The third kappa shape index (κ3) is 6.30. The van der Waals surface area contributed by atoms with Crippen LogP contribution in [0.15, 0.2) is 70.2 Å². The van der Waals surface area contributed by atoms with Crippen LogP contribution in [0.1, 0.15) is 11.3 Å². The fourth-order valence-corrected chi connectivity index (χ4v) is 3.85. The molecule has 3 aromatic rings. The number of ether oxygens (including phenoxy) is 1. The Labute approximate surface area is 188 Å². The summed E-state index contributed by atoms with van der Waals surface area (Å²) in [6.07, 6.45) is 1.47. The summed E-state index contributed by atoms with van der Waals surface area (Å²) in [6, 6.07) is 13.4. The van der Waals surface area contributed by atoms with E-state index in [4.69, 9.17) is 20.8 Å². The lowest BCUT2D eigenvalue weighted by atomic mass is 10.2. The second-order valence-electron chi connectivity index (χ2n) is 6.48. The van der Waals surface area contributed by atoms with Crippen molar-refractivity contribution in [3.63, 3.8) is 0 Å². The number of nitrogens with one attached hydrogen (secondary N) is 2. The van der Waals surface area contributed by atoms with Crippen LogP contribution >= 0.6 is 11.6 Å². The van der Waals surface area contributed by atoms with E-state index in [0.717, 1.165) is 6.07 Å². The number of sulfonamides is 1. The van der Waals surface area contributed by atoms with E-state index in [1.165, 1.54) is 18.4 Å². The van der Waals surface area contributed by atoms with Crippen molar-refractivity contribution in [1.82, 2.24) is 4.72 Å². The number of benzene rings is 2. The highest BCUT2D eigenvalue weighted by molar-refractivity contribution is 7.89. The zero-order chi connectivity index (χ0) is 23.1. The van der Waals surface area contributed by atoms with Gasteiger partial charge in [-0.25, -0.2) is 8.42 Å². The fraction of sp³-hybridized carbons (Fsp3) is 0.150. The molecule has 2 N–H and O–H groups in total. The van der Waals surface area contributed by atoms with Crippen LogP contribution in [-0.4, -0.2) is 25.9 Å². The van der Waals surface area contributed by atoms with Crippen LogP contribution < -0.4 is 10.0 Å². The van der Waals surface area contributed by atoms with Crippen molar-refractivity contribution >= 4 is 39.0 Å². The minimum Gasteiger partial charge on any atom is -0.467 e. The van der Waals surface area contributed by atoms with Gasteiger partial charge in [-0.2, -0.15) is 4.72 Å². The maximum atomic E-state index is 12.5. The second-order valence-corrected chi connectivity index (χ2v) is 8.69. The topological polar surface area (TPSA) is 141 Å². The largest absolute Gasteiger partial charge is 0.467 e. The third-order valence-electron chi connectivity index (χ3n) is 4.20. The quantitative estimate of drug-likeness (QED) is 0.256. The number of halogens is 1. The molecule has 0 radical (unpaired) electrons. The summed E-state index contributed by atoms with van der Waals surface area (Å²) < 4.78 is 37.2. The maximum absolute atomic E-state index is 12.5. The van der Waals surface area contributed by atoms with Crippen LogP contribution in [0.4, 0.5) is 11.4 Å². The Bertz CT molecular complexity index is 1210. The van der Waals surface area contributed by atoms with Crippen molar-refractivity contribution in [3.05, 3.63) is 87.3 Å². The molecule has 12 heteroatoms. The molecule has 0 unspecified atom stereocenters. The van der Waals surface area contributed by atoms with Crippen molar-refractivity contribution in [3.8, 4) is 0 Å². The lowest BCUT2D eigenvalue weighted by Crippen LogP contribution is -2.30. The highest BCUT2D eigenvalue weighted by atomic mass is 35.5. The number of furan rings is 1. The maximum Gasteiger partial charge on any atom is 0.321 e. The summed E-state index contributed by atoms with van der Waals surface area (Å²) in [4.78, 5) is 22.2. The number of carbonyl (C=O) groups is 1. The van der Waals surface area contributed by atoms with Crippen LogP contribution in [0, 0.1) is 10.1 Å². The Morgan fingerprint density at radius 2 is 1.97 bits per heavy atom. The highest BCUT2D eigenvalue weighted by Gasteiger charge is 2.22. The van der Waals surface area contributed by atoms with E-state index < -0.39 is 33.1 Å².